The first kappa shape index (κ1) is 16.6. The van der Waals surface area contributed by atoms with Gasteiger partial charge in [-0.15, -0.1) is 11.3 Å². The number of thiazole rings is 1. The molecule has 0 bridgehead atoms. The second-order valence-electron chi connectivity index (χ2n) is 7.30. The molecular formula is C21H20N3O2S+. The number of rotatable bonds is 3. The van der Waals surface area contributed by atoms with Crippen molar-refractivity contribution in [3.63, 3.8) is 0 Å². The number of benzene rings is 2. The number of hydrogen-bond donors (Lipinski definition) is 1. The molecule has 1 aromatic heterocycles. The summed E-state index contributed by atoms with van der Waals surface area (Å²) in [6.07, 6.45) is 2.24. The number of quaternary nitrogens is 1. The van der Waals surface area contributed by atoms with Crippen LogP contribution in [0.15, 0.2) is 48.5 Å². The average molecular weight is 378 g/mol. The summed E-state index contributed by atoms with van der Waals surface area (Å²) in [7, 11) is 0. The average Bonchev–Trinajstić information content (AvgIpc) is 3.24. The van der Waals surface area contributed by atoms with Crippen molar-refractivity contribution in [1.29, 1.82) is 0 Å². The van der Waals surface area contributed by atoms with Gasteiger partial charge in [0.15, 0.2) is 6.67 Å². The molecule has 1 fully saturated rings. The third kappa shape index (κ3) is 2.85. The molecular weight excluding hydrogens is 358 g/mol. The number of fused-ring (bicyclic) bond motifs is 2. The van der Waals surface area contributed by atoms with E-state index in [4.69, 9.17) is 4.98 Å². The zero-order valence-corrected chi connectivity index (χ0v) is 15.7. The number of piperidine rings is 1. The summed E-state index contributed by atoms with van der Waals surface area (Å²) < 4.78 is 1.23. The topological polar surface area (TPSA) is 54.7 Å². The molecule has 0 aliphatic carbocycles. The van der Waals surface area contributed by atoms with E-state index in [1.807, 2.05) is 24.3 Å². The molecule has 2 aliphatic rings. The van der Waals surface area contributed by atoms with Crippen LogP contribution in [0.2, 0.25) is 0 Å². The molecule has 1 amide bonds. The van der Waals surface area contributed by atoms with Gasteiger partial charge in [-0.25, -0.2) is 4.98 Å². The Hall–Kier alpha value is -2.57. The first-order chi connectivity index (χ1) is 13.2. The Morgan fingerprint density at radius 2 is 1.93 bits per heavy atom. The highest BCUT2D eigenvalue weighted by Crippen LogP contribution is 2.31. The maximum absolute atomic E-state index is 12.5. The Morgan fingerprint density at radius 3 is 2.81 bits per heavy atom. The zero-order chi connectivity index (χ0) is 18.4. The van der Waals surface area contributed by atoms with Crippen LogP contribution in [0.5, 0.6) is 0 Å². The third-order valence-electron chi connectivity index (χ3n) is 5.54. The minimum Gasteiger partial charge on any atom is -0.317 e. The number of ketones is 1. The van der Waals surface area contributed by atoms with Gasteiger partial charge in [0.05, 0.1) is 40.5 Å². The third-order valence-corrected chi connectivity index (χ3v) is 6.74. The van der Waals surface area contributed by atoms with Crippen LogP contribution in [0, 0.1) is 0 Å². The van der Waals surface area contributed by atoms with Gasteiger partial charge in [0.1, 0.15) is 5.01 Å². The number of likely N-dealkylation sites (tertiary alicyclic amines) is 1. The Kier molecular flexibility index (Phi) is 4.02. The molecule has 0 spiro atoms. The smallest absolute Gasteiger partial charge is 0.303 e. The van der Waals surface area contributed by atoms with Crippen molar-refractivity contribution in [3.05, 3.63) is 59.1 Å². The van der Waals surface area contributed by atoms with E-state index in [1.54, 1.807) is 22.3 Å². The number of anilines is 1. The van der Waals surface area contributed by atoms with E-state index < -0.39 is 5.91 Å². The molecule has 136 valence electrons. The lowest BCUT2D eigenvalue weighted by atomic mass is 9.99. The standard InChI is InChI=1S/C21H19N3O2S/c25-19-15-7-1-3-9-17(15)24(21(19)26)13-23-11-5-6-14(12-23)20-22-16-8-2-4-10-18(16)27-20/h1-4,7-10,14H,5-6,11-13H2/p+1/t14-/m0/s1. The molecule has 5 rings (SSSR count). The van der Waals surface area contributed by atoms with Crippen molar-refractivity contribution in [3.8, 4) is 0 Å². The summed E-state index contributed by atoms with van der Waals surface area (Å²) in [5, 5.41) is 1.19. The molecule has 6 heteroatoms. The van der Waals surface area contributed by atoms with Crippen molar-refractivity contribution >= 4 is 38.9 Å². The quantitative estimate of drug-likeness (QED) is 0.711. The monoisotopic (exact) mass is 378 g/mol. The minimum absolute atomic E-state index is 0.385. The van der Waals surface area contributed by atoms with E-state index in [1.165, 1.54) is 14.6 Å². The number of para-hydroxylation sites is 2. The Balaban J connectivity index is 1.36. The molecule has 1 N–H and O–H groups in total. The molecule has 1 unspecified atom stereocenters. The molecule has 3 heterocycles. The van der Waals surface area contributed by atoms with Gasteiger partial charge in [0.25, 0.3) is 5.78 Å². The van der Waals surface area contributed by atoms with Crippen molar-refractivity contribution in [2.24, 2.45) is 0 Å². The van der Waals surface area contributed by atoms with Gasteiger partial charge in [-0.3, -0.25) is 14.5 Å². The minimum atomic E-state index is -0.397. The largest absolute Gasteiger partial charge is 0.317 e. The van der Waals surface area contributed by atoms with Gasteiger partial charge in [-0.1, -0.05) is 24.3 Å². The van der Waals surface area contributed by atoms with E-state index in [0.717, 1.165) is 37.1 Å². The highest BCUT2D eigenvalue weighted by Gasteiger charge is 2.38. The zero-order valence-electron chi connectivity index (χ0n) is 14.9. The molecule has 27 heavy (non-hydrogen) atoms. The summed E-state index contributed by atoms with van der Waals surface area (Å²) in [5.74, 6) is -0.370. The highest BCUT2D eigenvalue weighted by molar-refractivity contribution is 7.18. The van der Waals surface area contributed by atoms with Gasteiger partial charge < -0.3 is 4.90 Å². The van der Waals surface area contributed by atoms with Crippen LogP contribution in [-0.4, -0.2) is 36.4 Å². The summed E-state index contributed by atoms with van der Waals surface area (Å²) in [5.41, 5.74) is 2.35. The van der Waals surface area contributed by atoms with Gasteiger partial charge in [-0.2, -0.15) is 0 Å². The van der Waals surface area contributed by atoms with Gasteiger partial charge >= 0.3 is 5.91 Å². The Bertz CT molecular complexity index is 1010. The second kappa shape index (κ2) is 6.55. The van der Waals surface area contributed by atoms with E-state index in [9.17, 15) is 9.59 Å². The summed E-state index contributed by atoms with van der Waals surface area (Å²) >= 11 is 1.78. The van der Waals surface area contributed by atoms with Crippen molar-refractivity contribution in [1.82, 2.24) is 4.98 Å². The lowest BCUT2D eigenvalue weighted by molar-refractivity contribution is -0.905. The molecule has 0 radical (unpaired) electrons. The van der Waals surface area contributed by atoms with Gasteiger partial charge in [0.2, 0.25) is 0 Å². The lowest BCUT2D eigenvalue weighted by Gasteiger charge is -2.31. The number of nitrogens with one attached hydrogen (secondary N) is 1. The van der Waals surface area contributed by atoms with E-state index in [0.29, 0.717) is 18.2 Å². The molecule has 3 aromatic rings. The number of aromatic nitrogens is 1. The van der Waals surface area contributed by atoms with E-state index >= 15 is 0 Å². The lowest BCUT2D eigenvalue weighted by Crippen LogP contribution is -3.15. The van der Waals surface area contributed by atoms with Crippen LogP contribution in [0.25, 0.3) is 10.2 Å². The molecule has 1 saturated heterocycles. The molecule has 0 saturated carbocycles. The second-order valence-corrected chi connectivity index (χ2v) is 8.36. The highest BCUT2D eigenvalue weighted by atomic mass is 32.1. The number of carbonyl (C=O) groups excluding carboxylic acids is 2. The van der Waals surface area contributed by atoms with Crippen LogP contribution >= 0.6 is 11.3 Å². The SMILES string of the molecule is O=C1C(=O)N(C[NH+]2CCC[C@H](c3nc4ccccc4s3)C2)c2ccccc21. The van der Waals surface area contributed by atoms with Crippen LogP contribution in [0.4, 0.5) is 5.69 Å². The predicted octanol–water partition coefficient (Wildman–Crippen LogP) is 2.25. The fourth-order valence-corrected chi connectivity index (χ4v) is 5.30. The molecule has 2 atom stereocenters. The summed E-state index contributed by atoms with van der Waals surface area (Å²) in [6, 6.07) is 15.6. The van der Waals surface area contributed by atoms with Crippen molar-refractivity contribution in [2.75, 3.05) is 24.7 Å². The molecule has 2 aromatic carbocycles. The van der Waals surface area contributed by atoms with Crippen molar-refractivity contribution < 1.29 is 14.5 Å². The number of hydrogen-bond acceptors (Lipinski definition) is 4. The number of amides is 1. The van der Waals surface area contributed by atoms with Gasteiger partial charge in [-0.05, 0) is 37.1 Å². The van der Waals surface area contributed by atoms with E-state index in [2.05, 4.69) is 18.2 Å². The fourth-order valence-electron chi connectivity index (χ4n) is 4.20. The first-order valence-electron chi connectivity index (χ1n) is 9.35. The number of Topliss-reactive ketones (excluding diaryl/α,β-unsaturated/α-hetero) is 1. The summed E-state index contributed by atoms with van der Waals surface area (Å²) in [4.78, 5) is 32.5. The molecule has 5 nitrogen and oxygen atoms in total. The Morgan fingerprint density at radius 1 is 1.11 bits per heavy atom. The van der Waals surface area contributed by atoms with Crippen LogP contribution in [0.3, 0.4) is 0 Å². The van der Waals surface area contributed by atoms with Crippen molar-refractivity contribution in [2.45, 2.75) is 18.8 Å². The van der Waals surface area contributed by atoms with Gasteiger partial charge in [0, 0.05) is 0 Å². The van der Waals surface area contributed by atoms with E-state index in [-0.39, 0.29) is 5.78 Å². The van der Waals surface area contributed by atoms with Crippen LogP contribution < -0.4 is 9.80 Å². The maximum atomic E-state index is 12.5. The summed E-state index contributed by atoms with van der Waals surface area (Å²) in [6.45, 7) is 2.50. The normalized spacial score (nSPS) is 22.4. The number of nitrogens with zero attached hydrogens (tertiary/aromatic N) is 2. The predicted molar refractivity (Wildman–Crippen MR) is 105 cm³/mol. The van der Waals surface area contributed by atoms with Crippen LogP contribution in [0.1, 0.15) is 34.1 Å². The Labute approximate surface area is 161 Å². The first-order valence-corrected chi connectivity index (χ1v) is 10.2. The van der Waals surface area contributed by atoms with Crippen LogP contribution in [-0.2, 0) is 4.79 Å². The maximum Gasteiger partial charge on any atom is 0.303 e. The fraction of sp³-hybridized carbons (Fsp3) is 0.286. The number of carbonyl (C=O) groups is 2. The molecule has 2 aliphatic heterocycles.